The molecule has 1 aliphatic rings. The maximum absolute atomic E-state index is 13.7. The van der Waals surface area contributed by atoms with Crippen molar-refractivity contribution in [1.29, 1.82) is 0 Å². The quantitative estimate of drug-likeness (QED) is 0.905. The largest absolute Gasteiger partial charge is 0.480 e. The zero-order valence-electron chi connectivity index (χ0n) is 11.1. The van der Waals surface area contributed by atoms with Crippen LogP contribution in [0.3, 0.4) is 0 Å². The minimum Gasteiger partial charge on any atom is -0.480 e. The van der Waals surface area contributed by atoms with Gasteiger partial charge >= 0.3 is 5.97 Å². The van der Waals surface area contributed by atoms with E-state index >= 15 is 0 Å². The number of nitrogens with zero attached hydrogens (tertiary/aromatic N) is 1. The van der Waals surface area contributed by atoms with E-state index in [0.29, 0.717) is 6.61 Å². The molecule has 108 valence electrons. The van der Waals surface area contributed by atoms with E-state index in [9.17, 15) is 14.0 Å². The molecule has 20 heavy (non-hydrogen) atoms. The van der Waals surface area contributed by atoms with Gasteiger partial charge in [0.05, 0.1) is 19.1 Å². The van der Waals surface area contributed by atoms with Gasteiger partial charge < -0.3 is 14.7 Å². The lowest BCUT2D eigenvalue weighted by atomic mass is 9.98. The van der Waals surface area contributed by atoms with Crippen LogP contribution in [0.15, 0.2) is 24.3 Å². The van der Waals surface area contributed by atoms with Gasteiger partial charge in [0.1, 0.15) is 5.82 Å². The molecule has 1 aliphatic heterocycles. The number of carbonyl (C=O) groups is 2. The van der Waals surface area contributed by atoms with Crippen LogP contribution in [0.2, 0.25) is 0 Å². The summed E-state index contributed by atoms with van der Waals surface area (Å²) in [4.78, 5) is 24.8. The van der Waals surface area contributed by atoms with Gasteiger partial charge in [-0.2, -0.15) is 0 Å². The Morgan fingerprint density at radius 1 is 1.45 bits per heavy atom. The highest BCUT2D eigenvalue weighted by Gasteiger charge is 2.35. The minimum atomic E-state index is -1.11. The molecule has 2 rings (SSSR count). The number of carbonyl (C=O) groups excluding carboxylic acids is 1. The molecule has 1 heterocycles. The van der Waals surface area contributed by atoms with Crippen LogP contribution in [0.25, 0.3) is 0 Å². The van der Waals surface area contributed by atoms with Gasteiger partial charge in [-0.15, -0.1) is 0 Å². The summed E-state index contributed by atoms with van der Waals surface area (Å²) in [5.74, 6) is -2.70. The van der Waals surface area contributed by atoms with E-state index in [1.807, 2.05) is 0 Å². The van der Waals surface area contributed by atoms with E-state index < -0.39 is 29.7 Å². The van der Waals surface area contributed by atoms with Crippen LogP contribution >= 0.6 is 0 Å². The predicted octanol–water partition coefficient (Wildman–Crippen LogP) is 1.24. The van der Waals surface area contributed by atoms with Gasteiger partial charge in [-0.3, -0.25) is 4.79 Å². The molecular weight excluding hydrogens is 265 g/mol. The molecule has 1 aromatic rings. The number of aliphatic carboxylic acids is 1. The summed E-state index contributed by atoms with van der Waals surface area (Å²) in [7, 11) is 0. The van der Waals surface area contributed by atoms with Gasteiger partial charge in [0, 0.05) is 6.54 Å². The number of hydrogen-bond acceptors (Lipinski definition) is 3. The fraction of sp³-hybridized carbons (Fsp3) is 0.429. The molecule has 1 aromatic carbocycles. The summed E-state index contributed by atoms with van der Waals surface area (Å²) in [6, 6.07) is 5.01. The van der Waals surface area contributed by atoms with E-state index in [0.717, 1.165) is 0 Å². The van der Waals surface area contributed by atoms with Crippen LogP contribution in [-0.4, -0.2) is 47.7 Å². The molecule has 0 spiro atoms. The Hall–Kier alpha value is -1.95. The van der Waals surface area contributed by atoms with Crippen molar-refractivity contribution in [3.63, 3.8) is 0 Å². The fourth-order valence-corrected chi connectivity index (χ4v) is 2.28. The summed E-state index contributed by atoms with van der Waals surface area (Å²) < 4.78 is 18.8. The molecule has 0 bridgehead atoms. The van der Waals surface area contributed by atoms with Gasteiger partial charge in [-0.1, -0.05) is 18.2 Å². The van der Waals surface area contributed by atoms with E-state index in [2.05, 4.69) is 0 Å². The van der Waals surface area contributed by atoms with Crippen molar-refractivity contribution in [2.75, 3.05) is 19.8 Å². The molecule has 1 amide bonds. The second kappa shape index (κ2) is 6.00. The molecule has 1 saturated heterocycles. The van der Waals surface area contributed by atoms with Gasteiger partial charge in [-0.05, 0) is 18.6 Å². The van der Waals surface area contributed by atoms with Gasteiger partial charge in [0.25, 0.3) is 0 Å². The third-order valence-corrected chi connectivity index (χ3v) is 3.44. The molecule has 6 heteroatoms. The number of carboxylic acid groups (broad SMARTS) is 1. The number of benzene rings is 1. The highest BCUT2D eigenvalue weighted by atomic mass is 19.1. The lowest BCUT2D eigenvalue weighted by molar-refractivity contribution is -0.158. The van der Waals surface area contributed by atoms with Crippen LogP contribution in [0.1, 0.15) is 18.4 Å². The zero-order chi connectivity index (χ0) is 14.7. The monoisotopic (exact) mass is 281 g/mol. The van der Waals surface area contributed by atoms with Crippen LogP contribution < -0.4 is 0 Å². The van der Waals surface area contributed by atoms with E-state index in [4.69, 9.17) is 9.84 Å². The number of rotatable bonds is 3. The third-order valence-electron chi connectivity index (χ3n) is 3.44. The fourth-order valence-electron chi connectivity index (χ4n) is 2.28. The summed E-state index contributed by atoms with van der Waals surface area (Å²) in [6.07, 6.45) is 0. The van der Waals surface area contributed by atoms with Gasteiger partial charge in [0.2, 0.25) is 5.91 Å². The van der Waals surface area contributed by atoms with E-state index in [1.165, 1.54) is 17.0 Å². The molecule has 2 atom stereocenters. The summed E-state index contributed by atoms with van der Waals surface area (Å²) in [6.45, 7) is 2.04. The van der Waals surface area contributed by atoms with Crippen molar-refractivity contribution >= 4 is 11.9 Å². The van der Waals surface area contributed by atoms with Crippen molar-refractivity contribution in [1.82, 2.24) is 4.90 Å². The average Bonchev–Trinajstić information content (AvgIpc) is 2.46. The smallest absolute Gasteiger partial charge is 0.328 e. The number of carboxylic acids is 1. The van der Waals surface area contributed by atoms with Crippen LogP contribution in [0.4, 0.5) is 4.39 Å². The van der Waals surface area contributed by atoms with Crippen molar-refractivity contribution in [3.8, 4) is 0 Å². The van der Waals surface area contributed by atoms with E-state index in [1.54, 1.807) is 19.1 Å². The minimum absolute atomic E-state index is 0.0366. The molecule has 0 saturated carbocycles. The van der Waals surface area contributed by atoms with Crippen molar-refractivity contribution in [2.24, 2.45) is 0 Å². The number of hydrogen-bond donors (Lipinski definition) is 1. The first-order valence-electron chi connectivity index (χ1n) is 6.38. The Morgan fingerprint density at radius 3 is 2.80 bits per heavy atom. The van der Waals surface area contributed by atoms with Gasteiger partial charge in [-0.25, -0.2) is 9.18 Å². The summed E-state index contributed by atoms with van der Waals surface area (Å²) in [5.41, 5.74) is 0.271. The number of ether oxygens (including phenoxy) is 1. The number of halogens is 1. The molecule has 1 N–H and O–H groups in total. The molecule has 0 unspecified atom stereocenters. The SMILES string of the molecule is C[C@H](C(=O)N1CCOC[C@H]1C(=O)O)c1ccccc1F. The Labute approximate surface area is 116 Å². The Morgan fingerprint density at radius 2 is 2.15 bits per heavy atom. The van der Waals surface area contributed by atoms with Crippen molar-refractivity contribution < 1.29 is 23.8 Å². The number of morpholine rings is 1. The summed E-state index contributed by atoms with van der Waals surface area (Å²) >= 11 is 0. The molecular formula is C14H16FNO4. The normalized spacial score (nSPS) is 20.5. The zero-order valence-corrected chi connectivity index (χ0v) is 11.1. The van der Waals surface area contributed by atoms with Gasteiger partial charge in [0.15, 0.2) is 6.04 Å². The highest BCUT2D eigenvalue weighted by molar-refractivity contribution is 5.88. The lowest BCUT2D eigenvalue weighted by Crippen LogP contribution is -2.53. The molecule has 0 aromatic heterocycles. The third kappa shape index (κ3) is 2.80. The van der Waals surface area contributed by atoms with Crippen molar-refractivity contribution in [2.45, 2.75) is 18.9 Å². The second-order valence-corrected chi connectivity index (χ2v) is 4.70. The first-order valence-corrected chi connectivity index (χ1v) is 6.38. The highest BCUT2D eigenvalue weighted by Crippen LogP contribution is 2.23. The Kier molecular flexibility index (Phi) is 4.34. The molecule has 1 fully saturated rings. The Bertz CT molecular complexity index is 520. The Balaban J connectivity index is 2.21. The first kappa shape index (κ1) is 14.5. The molecule has 0 aliphatic carbocycles. The number of amides is 1. The van der Waals surface area contributed by atoms with Crippen LogP contribution in [0, 0.1) is 5.82 Å². The lowest BCUT2D eigenvalue weighted by Gasteiger charge is -2.34. The van der Waals surface area contributed by atoms with Crippen LogP contribution in [0.5, 0.6) is 0 Å². The maximum atomic E-state index is 13.7. The predicted molar refractivity (Wildman–Crippen MR) is 68.8 cm³/mol. The molecule has 0 radical (unpaired) electrons. The van der Waals surface area contributed by atoms with Crippen LogP contribution in [-0.2, 0) is 14.3 Å². The first-order chi connectivity index (χ1) is 9.52. The van der Waals surface area contributed by atoms with Crippen molar-refractivity contribution in [3.05, 3.63) is 35.6 Å². The molecule has 5 nitrogen and oxygen atoms in total. The second-order valence-electron chi connectivity index (χ2n) is 4.70. The summed E-state index contributed by atoms with van der Waals surface area (Å²) in [5, 5.41) is 9.12. The average molecular weight is 281 g/mol. The van der Waals surface area contributed by atoms with E-state index in [-0.39, 0.29) is 18.7 Å². The topological polar surface area (TPSA) is 66.8 Å². The standard InChI is InChI=1S/C14H16FNO4/c1-9(10-4-2-3-5-11(10)15)13(17)16-6-7-20-8-12(16)14(18)19/h2-5,9,12H,6-8H2,1H3,(H,18,19)/t9-,12-/m0/s1. The maximum Gasteiger partial charge on any atom is 0.328 e.